The van der Waals surface area contributed by atoms with Gasteiger partial charge in [-0.2, -0.15) is 0 Å². The molecular formula is C8H10BO2. The van der Waals surface area contributed by atoms with E-state index in [1.54, 1.807) is 7.11 Å². The van der Waals surface area contributed by atoms with Crippen LogP contribution in [0, 0.1) is 6.92 Å². The maximum atomic E-state index is 8.76. The van der Waals surface area contributed by atoms with Gasteiger partial charge in [-0.25, -0.2) is 0 Å². The molecule has 0 aliphatic carbocycles. The maximum Gasteiger partial charge on any atom is 0.327 e. The van der Waals surface area contributed by atoms with Gasteiger partial charge in [0.1, 0.15) is 5.75 Å². The zero-order chi connectivity index (χ0) is 8.27. The summed E-state index contributed by atoms with van der Waals surface area (Å²) in [5, 5.41) is 8.76. The van der Waals surface area contributed by atoms with Gasteiger partial charge in [-0.3, -0.25) is 0 Å². The molecule has 0 bridgehead atoms. The first-order chi connectivity index (χ1) is 5.29. The van der Waals surface area contributed by atoms with E-state index in [0.717, 1.165) is 24.3 Å². The molecule has 0 spiro atoms. The highest BCUT2D eigenvalue weighted by Gasteiger charge is 2.02. The molecule has 0 aliphatic rings. The lowest BCUT2D eigenvalue weighted by Gasteiger charge is -2.06. The summed E-state index contributed by atoms with van der Waals surface area (Å²) < 4.78 is 5.06. The van der Waals surface area contributed by atoms with Crippen LogP contribution in [0.4, 0.5) is 0 Å². The van der Waals surface area contributed by atoms with Crippen molar-refractivity contribution in [2.24, 2.45) is 0 Å². The third kappa shape index (κ3) is 1.55. The van der Waals surface area contributed by atoms with E-state index in [1.807, 2.05) is 25.1 Å². The third-order valence-electron chi connectivity index (χ3n) is 1.68. The van der Waals surface area contributed by atoms with Crippen molar-refractivity contribution < 1.29 is 9.76 Å². The van der Waals surface area contributed by atoms with Crippen LogP contribution in [0.5, 0.6) is 5.75 Å². The van der Waals surface area contributed by atoms with E-state index >= 15 is 0 Å². The molecule has 0 saturated heterocycles. The minimum atomic E-state index is 0.796. The number of hydrogen-bond acceptors (Lipinski definition) is 2. The summed E-state index contributed by atoms with van der Waals surface area (Å²) in [5.41, 5.74) is 1.75. The standard InChI is InChI=1S/C8H10BO2/c1-6-7(9-10)4-3-5-8(6)11-2/h3-5,10H,1-2H3. The van der Waals surface area contributed by atoms with Gasteiger partial charge in [-0.15, -0.1) is 0 Å². The first-order valence-electron chi connectivity index (χ1n) is 3.40. The molecule has 0 aromatic heterocycles. The third-order valence-corrected chi connectivity index (χ3v) is 1.68. The Morgan fingerprint density at radius 2 is 2.18 bits per heavy atom. The van der Waals surface area contributed by atoms with E-state index in [-0.39, 0.29) is 0 Å². The SMILES string of the molecule is COc1cccc([B]O)c1C. The summed E-state index contributed by atoms with van der Waals surface area (Å²) in [5.74, 6) is 0.799. The smallest absolute Gasteiger partial charge is 0.327 e. The van der Waals surface area contributed by atoms with Crippen LogP contribution in [-0.4, -0.2) is 19.6 Å². The van der Waals surface area contributed by atoms with Crippen molar-refractivity contribution in [3.63, 3.8) is 0 Å². The van der Waals surface area contributed by atoms with Crippen molar-refractivity contribution in [1.29, 1.82) is 0 Å². The van der Waals surface area contributed by atoms with Crippen LogP contribution < -0.4 is 10.2 Å². The molecule has 1 N–H and O–H groups in total. The normalized spacial score (nSPS) is 9.36. The van der Waals surface area contributed by atoms with E-state index in [4.69, 9.17) is 9.76 Å². The Labute approximate surface area is 67.1 Å². The maximum absolute atomic E-state index is 8.76. The second-order valence-corrected chi connectivity index (χ2v) is 2.30. The van der Waals surface area contributed by atoms with Gasteiger partial charge in [-0.1, -0.05) is 12.1 Å². The predicted molar refractivity (Wildman–Crippen MR) is 45.3 cm³/mol. The Balaban J connectivity index is 3.10. The van der Waals surface area contributed by atoms with Crippen LogP contribution in [0.3, 0.4) is 0 Å². The van der Waals surface area contributed by atoms with Crippen LogP contribution >= 0.6 is 0 Å². The van der Waals surface area contributed by atoms with Crippen molar-refractivity contribution in [2.75, 3.05) is 7.11 Å². The quantitative estimate of drug-likeness (QED) is 0.610. The molecule has 1 aromatic carbocycles. The molecule has 11 heavy (non-hydrogen) atoms. The lowest BCUT2D eigenvalue weighted by molar-refractivity contribution is 0.412. The van der Waals surface area contributed by atoms with Crippen molar-refractivity contribution in [1.82, 2.24) is 0 Å². The van der Waals surface area contributed by atoms with E-state index in [2.05, 4.69) is 0 Å². The van der Waals surface area contributed by atoms with Gasteiger partial charge in [-0.05, 0) is 24.0 Å². The molecule has 0 aliphatic heterocycles. The molecule has 0 heterocycles. The second kappa shape index (κ2) is 3.44. The van der Waals surface area contributed by atoms with Gasteiger partial charge in [0.25, 0.3) is 0 Å². The molecule has 0 fully saturated rings. The number of benzene rings is 1. The molecule has 1 radical (unpaired) electrons. The Bertz CT molecular complexity index is 226. The molecular weight excluding hydrogens is 139 g/mol. The summed E-state index contributed by atoms with van der Waals surface area (Å²) in [7, 11) is 2.70. The lowest BCUT2D eigenvalue weighted by Crippen LogP contribution is -2.17. The second-order valence-electron chi connectivity index (χ2n) is 2.30. The molecule has 1 rings (SSSR count). The summed E-state index contributed by atoms with van der Waals surface area (Å²) in [6.07, 6.45) is 0. The Morgan fingerprint density at radius 1 is 1.45 bits per heavy atom. The zero-order valence-corrected chi connectivity index (χ0v) is 6.66. The number of rotatable bonds is 2. The van der Waals surface area contributed by atoms with Crippen LogP contribution in [-0.2, 0) is 0 Å². The molecule has 0 unspecified atom stereocenters. The molecule has 2 nitrogen and oxygen atoms in total. The molecule has 0 amide bonds. The summed E-state index contributed by atoms with van der Waals surface area (Å²) in [6, 6.07) is 5.54. The van der Waals surface area contributed by atoms with Crippen molar-refractivity contribution in [2.45, 2.75) is 6.92 Å². The van der Waals surface area contributed by atoms with E-state index < -0.39 is 0 Å². The topological polar surface area (TPSA) is 29.5 Å². The van der Waals surface area contributed by atoms with E-state index in [9.17, 15) is 0 Å². The lowest BCUT2D eigenvalue weighted by atomic mass is 9.85. The number of ether oxygens (including phenoxy) is 1. The monoisotopic (exact) mass is 149 g/mol. The van der Waals surface area contributed by atoms with E-state index in [1.165, 1.54) is 0 Å². The fourth-order valence-electron chi connectivity index (χ4n) is 0.992. The fraction of sp³-hybridized carbons (Fsp3) is 0.250. The number of methoxy groups -OCH3 is 1. The van der Waals surface area contributed by atoms with Crippen LogP contribution in [0.25, 0.3) is 0 Å². The van der Waals surface area contributed by atoms with Crippen molar-refractivity contribution in [3.8, 4) is 5.75 Å². The number of hydrogen-bond donors (Lipinski definition) is 1. The van der Waals surface area contributed by atoms with Gasteiger partial charge in [0.15, 0.2) is 0 Å². The highest BCUT2D eigenvalue weighted by Crippen LogP contribution is 2.12. The molecule has 0 saturated carbocycles. The predicted octanol–water partition coefficient (Wildman–Crippen LogP) is 0.240. The van der Waals surface area contributed by atoms with Crippen molar-refractivity contribution >= 4 is 12.9 Å². The Hall–Kier alpha value is -0.955. The minimum absolute atomic E-state index is 0.796. The molecule has 57 valence electrons. The van der Waals surface area contributed by atoms with Gasteiger partial charge in [0, 0.05) is 0 Å². The Morgan fingerprint density at radius 3 is 2.73 bits per heavy atom. The molecule has 0 atom stereocenters. The first kappa shape index (κ1) is 8.14. The largest absolute Gasteiger partial charge is 0.497 e. The fourth-order valence-corrected chi connectivity index (χ4v) is 0.992. The van der Waals surface area contributed by atoms with Gasteiger partial charge < -0.3 is 9.76 Å². The average Bonchev–Trinajstić information content (AvgIpc) is 2.05. The van der Waals surface area contributed by atoms with Gasteiger partial charge >= 0.3 is 7.48 Å². The summed E-state index contributed by atoms with van der Waals surface area (Å²) in [4.78, 5) is 0. The van der Waals surface area contributed by atoms with Gasteiger partial charge in [0.2, 0.25) is 0 Å². The van der Waals surface area contributed by atoms with E-state index in [0.29, 0.717) is 0 Å². The van der Waals surface area contributed by atoms with Crippen LogP contribution in [0.2, 0.25) is 0 Å². The average molecular weight is 149 g/mol. The van der Waals surface area contributed by atoms with Crippen LogP contribution in [0.1, 0.15) is 5.56 Å². The van der Waals surface area contributed by atoms with Crippen LogP contribution in [0.15, 0.2) is 18.2 Å². The summed E-state index contributed by atoms with van der Waals surface area (Å²) in [6.45, 7) is 1.90. The Kier molecular flexibility index (Phi) is 2.55. The first-order valence-corrected chi connectivity index (χ1v) is 3.40. The zero-order valence-electron chi connectivity index (χ0n) is 6.66. The van der Waals surface area contributed by atoms with Crippen molar-refractivity contribution in [3.05, 3.63) is 23.8 Å². The van der Waals surface area contributed by atoms with Gasteiger partial charge in [0.05, 0.1) is 7.11 Å². The molecule has 3 heteroatoms. The molecule has 1 aromatic rings. The highest BCUT2D eigenvalue weighted by atomic mass is 16.5. The highest BCUT2D eigenvalue weighted by molar-refractivity contribution is 6.46. The minimum Gasteiger partial charge on any atom is -0.497 e. The summed E-state index contributed by atoms with van der Waals surface area (Å²) >= 11 is 0.